The third-order valence-corrected chi connectivity index (χ3v) is 4.08. The van der Waals surface area contributed by atoms with Gasteiger partial charge in [0.25, 0.3) is 0 Å². The second-order valence-electron chi connectivity index (χ2n) is 4.76. The summed E-state index contributed by atoms with van der Waals surface area (Å²) in [6, 6.07) is 8.33. The first-order chi connectivity index (χ1) is 10.1. The number of benzene rings is 1. The Kier molecular flexibility index (Phi) is 3.95. The largest absolute Gasteiger partial charge is 0.304 e. The third-order valence-electron chi connectivity index (χ3n) is 3.41. The molecule has 0 spiro atoms. The molecule has 2 aromatic heterocycles. The van der Waals surface area contributed by atoms with Crippen LogP contribution in [0.3, 0.4) is 0 Å². The fourth-order valence-corrected chi connectivity index (χ4v) is 2.93. The summed E-state index contributed by atoms with van der Waals surface area (Å²) < 4.78 is 16.3. The van der Waals surface area contributed by atoms with Crippen molar-refractivity contribution in [3.05, 3.63) is 58.2 Å². The Morgan fingerprint density at radius 3 is 2.90 bits per heavy atom. The van der Waals surface area contributed by atoms with Crippen LogP contribution >= 0.6 is 27.5 Å². The molecule has 0 aliphatic carbocycles. The third kappa shape index (κ3) is 2.68. The van der Waals surface area contributed by atoms with Crippen LogP contribution < -0.4 is 0 Å². The maximum absolute atomic E-state index is 13.4. The molecule has 6 heteroatoms. The lowest BCUT2D eigenvalue weighted by molar-refractivity contribution is 0.600. The Morgan fingerprint density at radius 2 is 2.19 bits per heavy atom. The number of hydrogen-bond donors (Lipinski definition) is 0. The maximum atomic E-state index is 13.4. The predicted octanol–water partition coefficient (Wildman–Crippen LogP) is 4.68. The van der Waals surface area contributed by atoms with E-state index in [9.17, 15) is 4.39 Å². The predicted molar refractivity (Wildman–Crippen MR) is 85.0 cm³/mol. The Morgan fingerprint density at radius 1 is 1.38 bits per heavy atom. The normalized spacial score (nSPS) is 12.8. The lowest BCUT2D eigenvalue weighted by Crippen LogP contribution is -2.10. The zero-order chi connectivity index (χ0) is 15.0. The minimum Gasteiger partial charge on any atom is -0.304 e. The highest BCUT2D eigenvalue weighted by Gasteiger charge is 2.18. The van der Waals surface area contributed by atoms with Gasteiger partial charge in [0.05, 0.1) is 11.9 Å². The number of halogens is 3. The van der Waals surface area contributed by atoms with Gasteiger partial charge in [0.1, 0.15) is 17.2 Å². The standard InChI is InChI=1S/C15H12BrClFN3/c1-9(10-3-2-4-12(18)5-10)21-14(7-17)20-13-6-11(16)8-19-15(13)21/h2-6,8-9H,7H2,1H3. The van der Waals surface area contributed by atoms with Crippen molar-refractivity contribution in [2.24, 2.45) is 0 Å². The molecule has 0 amide bonds. The molecule has 0 saturated carbocycles. The Bertz CT molecular complexity index is 803. The van der Waals surface area contributed by atoms with Crippen LogP contribution in [0.1, 0.15) is 24.4 Å². The summed E-state index contributed by atoms with van der Waals surface area (Å²) in [4.78, 5) is 8.93. The van der Waals surface area contributed by atoms with Gasteiger partial charge in [-0.1, -0.05) is 12.1 Å². The molecule has 1 atom stereocenters. The average Bonchev–Trinajstić information content (AvgIpc) is 2.83. The van der Waals surface area contributed by atoms with Crippen LogP contribution in [0.25, 0.3) is 11.2 Å². The summed E-state index contributed by atoms with van der Waals surface area (Å²) in [5.74, 6) is 0.731. The lowest BCUT2D eigenvalue weighted by Gasteiger charge is -2.17. The van der Waals surface area contributed by atoms with E-state index >= 15 is 0 Å². The molecule has 0 saturated heterocycles. The molecule has 2 heterocycles. The van der Waals surface area contributed by atoms with Crippen molar-refractivity contribution in [2.45, 2.75) is 18.8 Å². The van der Waals surface area contributed by atoms with Gasteiger partial charge >= 0.3 is 0 Å². The van der Waals surface area contributed by atoms with Crippen molar-refractivity contribution in [1.29, 1.82) is 0 Å². The van der Waals surface area contributed by atoms with E-state index in [0.29, 0.717) is 5.82 Å². The van der Waals surface area contributed by atoms with Crippen LogP contribution in [0.15, 0.2) is 41.0 Å². The number of nitrogens with zero attached hydrogens (tertiary/aromatic N) is 3. The fraction of sp³-hybridized carbons (Fsp3) is 0.200. The van der Waals surface area contributed by atoms with E-state index < -0.39 is 0 Å². The van der Waals surface area contributed by atoms with Crippen LogP contribution in [0.2, 0.25) is 0 Å². The molecular weight excluding hydrogens is 357 g/mol. The smallest absolute Gasteiger partial charge is 0.160 e. The molecule has 0 fully saturated rings. The Labute approximate surface area is 134 Å². The van der Waals surface area contributed by atoms with Gasteiger partial charge < -0.3 is 4.57 Å². The van der Waals surface area contributed by atoms with E-state index in [2.05, 4.69) is 25.9 Å². The number of aromatic nitrogens is 3. The monoisotopic (exact) mass is 367 g/mol. The number of imidazole rings is 1. The second kappa shape index (κ2) is 5.73. The zero-order valence-corrected chi connectivity index (χ0v) is 13.6. The fourth-order valence-electron chi connectivity index (χ4n) is 2.42. The molecule has 0 radical (unpaired) electrons. The molecule has 3 nitrogen and oxygen atoms in total. The summed E-state index contributed by atoms with van der Waals surface area (Å²) in [5.41, 5.74) is 2.36. The Balaban J connectivity index is 2.18. The number of pyridine rings is 1. The van der Waals surface area contributed by atoms with Gasteiger partial charge in [-0.15, -0.1) is 11.6 Å². The minimum atomic E-state index is -0.258. The van der Waals surface area contributed by atoms with Crippen LogP contribution in [-0.4, -0.2) is 14.5 Å². The quantitative estimate of drug-likeness (QED) is 0.628. The summed E-state index contributed by atoms with van der Waals surface area (Å²) in [5, 5.41) is 0. The van der Waals surface area contributed by atoms with Gasteiger partial charge in [-0.25, -0.2) is 14.4 Å². The molecular formula is C15H12BrClFN3. The van der Waals surface area contributed by atoms with Crippen LogP contribution in [0, 0.1) is 5.82 Å². The van der Waals surface area contributed by atoms with E-state index in [1.165, 1.54) is 12.1 Å². The van der Waals surface area contributed by atoms with Crippen LogP contribution in [0.5, 0.6) is 0 Å². The van der Waals surface area contributed by atoms with Crippen molar-refractivity contribution < 1.29 is 4.39 Å². The summed E-state index contributed by atoms with van der Waals surface area (Å²) >= 11 is 9.39. The van der Waals surface area contributed by atoms with E-state index in [1.807, 2.05) is 23.6 Å². The molecule has 1 aromatic carbocycles. The topological polar surface area (TPSA) is 30.7 Å². The first-order valence-corrected chi connectivity index (χ1v) is 7.76. The lowest BCUT2D eigenvalue weighted by atomic mass is 10.1. The molecule has 108 valence electrons. The van der Waals surface area contributed by atoms with E-state index in [0.717, 1.165) is 21.2 Å². The van der Waals surface area contributed by atoms with Crippen LogP contribution in [-0.2, 0) is 5.88 Å². The van der Waals surface area contributed by atoms with Gasteiger partial charge in [0, 0.05) is 10.7 Å². The number of fused-ring (bicyclic) bond motifs is 1. The van der Waals surface area contributed by atoms with E-state index in [-0.39, 0.29) is 17.7 Å². The van der Waals surface area contributed by atoms with Gasteiger partial charge in [0.2, 0.25) is 0 Å². The number of alkyl halides is 1. The Hall–Kier alpha value is -1.46. The molecule has 0 bridgehead atoms. The molecule has 0 aliphatic heterocycles. The minimum absolute atomic E-state index is 0.104. The second-order valence-corrected chi connectivity index (χ2v) is 5.94. The van der Waals surface area contributed by atoms with Crippen molar-refractivity contribution in [3.63, 3.8) is 0 Å². The summed E-state index contributed by atoms with van der Waals surface area (Å²) in [6.07, 6.45) is 1.72. The van der Waals surface area contributed by atoms with E-state index in [1.54, 1.807) is 12.3 Å². The zero-order valence-electron chi connectivity index (χ0n) is 11.2. The van der Waals surface area contributed by atoms with Gasteiger partial charge in [-0.2, -0.15) is 0 Å². The van der Waals surface area contributed by atoms with Gasteiger partial charge in [-0.3, -0.25) is 0 Å². The summed E-state index contributed by atoms with van der Waals surface area (Å²) in [6.45, 7) is 1.98. The van der Waals surface area contributed by atoms with Crippen molar-refractivity contribution in [1.82, 2.24) is 14.5 Å². The average molecular weight is 369 g/mol. The summed E-state index contributed by atoms with van der Waals surface area (Å²) in [7, 11) is 0. The highest BCUT2D eigenvalue weighted by atomic mass is 79.9. The first-order valence-electron chi connectivity index (χ1n) is 6.44. The number of rotatable bonds is 3. The molecule has 3 aromatic rings. The molecule has 3 rings (SSSR count). The van der Waals surface area contributed by atoms with Gasteiger partial charge in [0.15, 0.2) is 5.65 Å². The van der Waals surface area contributed by atoms with Crippen molar-refractivity contribution >= 4 is 38.7 Å². The first kappa shape index (κ1) is 14.5. The highest BCUT2D eigenvalue weighted by Crippen LogP contribution is 2.27. The molecule has 21 heavy (non-hydrogen) atoms. The molecule has 1 unspecified atom stereocenters. The SMILES string of the molecule is CC(c1cccc(F)c1)n1c(CCl)nc2cc(Br)cnc21. The number of hydrogen-bond acceptors (Lipinski definition) is 2. The van der Waals surface area contributed by atoms with Crippen molar-refractivity contribution in [3.8, 4) is 0 Å². The van der Waals surface area contributed by atoms with Crippen molar-refractivity contribution in [2.75, 3.05) is 0 Å². The van der Waals surface area contributed by atoms with E-state index in [4.69, 9.17) is 11.6 Å². The van der Waals surface area contributed by atoms with Crippen LogP contribution in [0.4, 0.5) is 4.39 Å². The molecule has 0 N–H and O–H groups in total. The van der Waals surface area contributed by atoms with Gasteiger partial charge in [-0.05, 0) is 46.6 Å². The highest BCUT2D eigenvalue weighted by molar-refractivity contribution is 9.10. The maximum Gasteiger partial charge on any atom is 0.160 e. The molecule has 0 aliphatic rings.